The molecule has 1 aromatic heterocycles. The van der Waals surface area contributed by atoms with Gasteiger partial charge in [-0.2, -0.15) is 4.31 Å². The minimum atomic E-state index is -3.91. The molecule has 112 valence electrons. The molecular formula is C13H12FNO4S2. The molecule has 0 aliphatic heterocycles. The average molecular weight is 329 g/mol. The number of halogens is 1. The van der Waals surface area contributed by atoms with Crippen molar-refractivity contribution in [3.8, 4) is 0 Å². The van der Waals surface area contributed by atoms with Crippen LogP contribution in [0.1, 0.15) is 15.2 Å². The summed E-state index contributed by atoms with van der Waals surface area (Å²) in [5.74, 6) is -1.69. The van der Waals surface area contributed by atoms with Crippen LogP contribution in [0, 0.1) is 5.82 Å². The van der Waals surface area contributed by atoms with E-state index in [9.17, 15) is 17.6 Å². The highest BCUT2D eigenvalue weighted by molar-refractivity contribution is 7.89. The fraction of sp³-hybridized carbons (Fsp3) is 0.154. The third kappa shape index (κ3) is 3.29. The van der Waals surface area contributed by atoms with E-state index in [-0.39, 0.29) is 16.3 Å². The van der Waals surface area contributed by atoms with Crippen LogP contribution in [0.3, 0.4) is 0 Å². The number of carbonyl (C=O) groups is 1. The van der Waals surface area contributed by atoms with Gasteiger partial charge in [0.1, 0.15) is 15.6 Å². The molecule has 2 aromatic rings. The Labute approximate surface area is 125 Å². The normalized spacial score (nSPS) is 11.8. The van der Waals surface area contributed by atoms with Gasteiger partial charge in [-0.15, -0.1) is 11.3 Å². The number of aromatic carboxylic acids is 1. The lowest BCUT2D eigenvalue weighted by molar-refractivity contribution is 0.0698. The monoisotopic (exact) mass is 329 g/mol. The number of carboxylic acid groups (broad SMARTS) is 1. The molecule has 2 rings (SSSR count). The molecule has 0 aliphatic carbocycles. The van der Waals surface area contributed by atoms with Crippen molar-refractivity contribution >= 4 is 27.3 Å². The van der Waals surface area contributed by atoms with Gasteiger partial charge in [0, 0.05) is 13.6 Å². The van der Waals surface area contributed by atoms with Gasteiger partial charge in [-0.25, -0.2) is 17.6 Å². The summed E-state index contributed by atoms with van der Waals surface area (Å²) in [6.07, 6.45) is 0. The van der Waals surface area contributed by atoms with Crippen LogP contribution >= 0.6 is 11.3 Å². The van der Waals surface area contributed by atoms with Gasteiger partial charge in [0.15, 0.2) is 0 Å². The van der Waals surface area contributed by atoms with Crippen LogP contribution in [0.4, 0.5) is 4.39 Å². The topological polar surface area (TPSA) is 74.7 Å². The van der Waals surface area contributed by atoms with Crippen LogP contribution in [0.5, 0.6) is 0 Å². The Bertz CT molecular complexity index is 753. The molecule has 1 heterocycles. The van der Waals surface area contributed by atoms with Crippen molar-refractivity contribution in [1.29, 1.82) is 0 Å². The molecule has 8 heteroatoms. The van der Waals surface area contributed by atoms with Gasteiger partial charge in [-0.3, -0.25) is 0 Å². The first kappa shape index (κ1) is 15.6. The van der Waals surface area contributed by atoms with E-state index in [1.807, 2.05) is 0 Å². The molecule has 0 saturated heterocycles. The Morgan fingerprint density at radius 1 is 1.29 bits per heavy atom. The van der Waals surface area contributed by atoms with Gasteiger partial charge in [0.05, 0.1) is 0 Å². The molecular weight excluding hydrogens is 317 g/mol. The molecule has 0 aliphatic rings. The summed E-state index contributed by atoms with van der Waals surface area (Å²) in [6.45, 7) is 0.0253. The van der Waals surface area contributed by atoms with Crippen LogP contribution in [-0.2, 0) is 16.6 Å². The summed E-state index contributed by atoms with van der Waals surface area (Å²) < 4.78 is 38.6. The minimum absolute atomic E-state index is 0.0253. The molecule has 1 N–H and O–H groups in total. The Balaban J connectivity index is 2.28. The molecule has 5 nitrogen and oxygen atoms in total. The van der Waals surface area contributed by atoms with E-state index in [1.54, 1.807) is 0 Å². The Hall–Kier alpha value is -1.77. The summed E-state index contributed by atoms with van der Waals surface area (Å²) in [5.41, 5.74) is 0.606. The molecule has 0 radical (unpaired) electrons. The first-order valence-corrected chi connectivity index (χ1v) is 8.16. The van der Waals surface area contributed by atoms with Crippen molar-refractivity contribution in [2.24, 2.45) is 0 Å². The highest BCUT2D eigenvalue weighted by Crippen LogP contribution is 2.25. The van der Waals surface area contributed by atoms with E-state index in [1.165, 1.54) is 42.8 Å². The first-order chi connectivity index (χ1) is 9.82. The molecule has 0 bridgehead atoms. The molecule has 0 spiro atoms. The van der Waals surface area contributed by atoms with Gasteiger partial charge in [-0.1, -0.05) is 12.1 Å². The van der Waals surface area contributed by atoms with Gasteiger partial charge in [0.2, 0.25) is 10.0 Å². The number of hydrogen-bond acceptors (Lipinski definition) is 4. The maximum atomic E-state index is 12.8. The van der Waals surface area contributed by atoms with Crippen LogP contribution in [-0.4, -0.2) is 30.8 Å². The van der Waals surface area contributed by atoms with Crippen molar-refractivity contribution in [2.75, 3.05) is 7.05 Å². The summed E-state index contributed by atoms with van der Waals surface area (Å²) in [7, 11) is -2.56. The second kappa shape index (κ2) is 5.92. The van der Waals surface area contributed by atoms with E-state index in [2.05, 4.69) is 0 Å². The van der Waals surface area contributed by atoms with Crippen molar-refractivity contribution in [3.05, 3.63) is 52.0 Å². The minimum Gasteiger partial charge on any atom is -0.477 e. The zero-order chi connectivity index (χ0) is 15.6. The third-order valence-electron chi connectivity index (χ3n) is 2.83. The van der Waals surface area contributed by atoms with Crippen LogP contribution in [0.25, 0.3) is 0 Å². The van der Waals surface area contributed by atoms with Gasteiger partial charge in [-0.05, 0) is 29.1 Å². The fourth-order valence-corrected chi connectivity index (χ4v) is 4.14. The van der Waals surface area contributed by atoms with Crippen molar-refractivity contribution < 1.29 is 22.7 Å². The summed E-state index contributed by atoms with van der Waals surface area (Å²) in [4.78, 5) is 10.6. The average Bonchev–Trinajstić information content (AvgIpc) is 2.91. The largest absolute Gasteiger partial charge is 0.477 e. The number of thiophene rings is 1. The standard InChI is InChI=1S/C13H12FNO4S2/c1-15(8-9-2-4-10(14)5-3-9)21(18,19)11-6-7-20-12(11)13(16)17/h2-7H,8H2,1H3,(H,16,17). The summed E-state index contributed by atoms with van der Waals surface area (Å²) in [6, 6.07) is 6.71. The Morgan fingerprint density at radius 2 is 1.90 bits per heavy atom. The number of hydrogen-bond donors (Lipinski definition) is 1. The highest BCUT2D eigenvalue weighted by Gasteiger charge is 2.27. The number of carboxylic acids is 1. The Morgan fingerprint density at radius 3 is 2.48 bits per heavy atom. The molecule has 0 unspecified atom stereocenters. The Kier molecular flexibility index (Phi) is 4.40. The highest BCUT2D eigenvalue weighted by atomic mass is 32.2. The van der Waals surface area contributed by atoms with E-state index in [0.29, 0.717) is 5.56 Å². The second-order valence-corrected chi connectivity index (χ2v) is 7.24. The third-order valence-corrected chi connectivity index (χ3v) is 5.71. The molecule has 21 heavy (non-hydrogen) atoms. The van der Waals surface area contributed by atoms with Crippen LogP contribution in [0.15, 0.2) is 40.6 Å². The van der Waals surface area contributed by atoms with Crippen LogP contribution < -0.4 is 0 Å². The van der Waals surface area contributed by atoms with E-state index in [0.717, 1.165) is 15.6 Å². The zero-order valence-corrected chi connectivity index (χ0v) is 12.6. The lowest BCUT2D eigenvalue weighted by Crippen LogP contribution is -2.27. The lowest BCUT2D eigenvalue weighted by atomic mass is 10.2. The van der Waals surface area contributed by atoms with E-state index in [4.69, 9.17) is 5.11 Å². The zero-order valence-electron chi connectivity index (χ0n) is 11.0. The maximum absolute atomic E-state index is 12.8. The van der Waals surface area contributed by atoms with Crippen molar-refractivity contribution in [1.82, 2.24) is 4.31 Å². The fourth-order valence-electron chi connectivity index (χ4n) is 1.76. The molecule has 0 fully saturated rings. The summed E-state index contributed by atoms with van der Waals surface area (Å²) >= 11 is 0.855. The van der Waals surface area contributed by atoms with Crippen LogP contribution in [0.2, 0.25) is 0 Å². The quantitative estimate of drug-likeness (QED) is 0.914. The number of sulfonamides is 1. The summed E-state index contributed by atoms with van der Waals surface area (Å²) in [5, 5.41) is 10.4. The molecule has 1 aromatic carbocycles. The molecule has 0 saturated carbocycles. The van der Waals surface area contributed by atoms with Gasteiger partial charge >= 0.3 is 5.97 Å². The molecule has 0 amide bonds. The van der Waals surface area contributed by atoms with E-state index >= 15 is 0 Å². The number of benzene rings is 1. The maximum Gasteiger partial charge on any atom is 0.347 e. The second-order valence-electron chi connectivity index (χ2n) is 4.31. The number of nitrogens with zero attached hydrogens (tertiary/aromatic N) is 1. The van der Waals surface area contributed by atoms with E-state index < -0.39 is 21.8 Å². The van der Waals surface area contributed by atoms with Gasteiger partial charge < -0.3 is 5.11 Å². The number of rotatable bonds is 5. The predicted molar refractivity (Wildman–Crippen MR) is 76.3 cm³/mol. The van der Waals surface area contributed by atoms with Gasteiger partial charge in [0.25, 0.3) is 0 Å². The lowest BCUT2D eigenvalue weighted by Gasteiger charge is -2.17. The van der Waals surface area contributed by atoms with Crippen molar-refractivity contribution in [3.63, 3.8) is 0 Å². The SMILES string of the molecule is CN(Cc1ccc(F)cc1)S(=O)(=O)c1ccsc1C(=O)O. The van der Waals surface area contributed by atoms with Crippen molar-refractivity contribution in [2.45, 2.75) is 11.4 Å². The predicted octanol–water partition coefficient (Wildman–Crippen LogP) is 2.41. The smallest absolute Gasteiger partial charge is 0.347 e. The first-order valence-electron chi connectivity index (χ1n) is 5.84. The molecule has 0 atom stereocenters.